The van der Waals surface area contributed by atoms with E-state index >= 15 is 0 Å². The number of rotatable bonds is 29. The molecule has 0 saturated heterocycles. The molecular weight excluding hydrogens is 577 g/mol. The summed E-state index contributed by atoms with van der Waals surface area (Å²) in [5.41, 5.74) is 2.07. The van der Waals surface area contributed by atoms with Crippen molar-refractivity contribution in [3.63, 3.8) is 0 Å². The smallest absolute Gasteiger partial charge is 0.339 e. The molecule has 0 aliphatic heterocycles. The van der Waals surface area contributed by atoms with Crippen molar-refractivity contribution in [2.24, 2.45) is 0 Å². The Kier molecular flexibility index (Phi) is 21.9. The Hall–Kier alpha value is -2.01. The van der Waals surface area contributed by atoms with Gasteiger partial charge in [0.2, 0.25) is 0 Å². The second-order valence-electron chi connectivity index (χ2n) is 13.2. The van der Waals surface area contributed by atoms with Crippen LogP contribution < -0.4 is 4.18 Å². The minimum absolute atomic E-state index is 0.0138. The summed E-state index contributed by atoms with van der Waals surface area (Å²) in [7, 11) is -4.02. The SMILES string of the molecule is CCCCCCCCCCCCCCc1cccc(S(=O)(=O)Oc2cccc(O)c2)c1CCCCCCCCCCCCCC. The monoisotopic (exact) mass is 642 g/mol. The highest BCUT2D eigenvalue weighted by Gasteiger charge is 2.23. The van der Waals surface area contributed by atoms with Crippen molar-refractivity contribution >= 4 is 10.1 Å². The lowest BCUT2D eigenvalue weighted by atomic mass is 9.96. The Bertz CT molecular complexity index is 1110. The predicted molar refractivity (Wildman–Crippen MR) is 192 cm³/mol. The average molecular weight is 643 g/mol. The minimum atomic E-state index is -4.02. The van der Waals surface area contributed by atoms with E-state index in [-0.39, 0.29) is 16.4 Å². The van der Waals surface area contributed by atoms with Crippen molar-refractivity contribution in [2.45, 2.75) is 186 Å². The van der Waals surface area contributed by atoms with Crippen LogP contribution in [0.25, 0.3) is 0 Å². The fourth-order valence-corrected chi connectivity index (χ4v) is 7.60. The molecule has 5 heteroatoms. The topological polar surface area (TPSA) is 63.6 Å². The number of phenols is 1. The van der Waals surface area contributed by atoms with E-state index in [4.69, 9.17) is 4.18 Å². The number of aromatic hydroxyl groups is 1. The van der Waals surface area contributed by atoms with E-state index in [2.05, 4.69) is 19.9 Å². The summed E-state index contributed by atoms with van der Waals surface area (Å²) in [6.45, 7) is 4.54. The van der Waals surface area contributed by atoms with Gasteiger partial charge in [0, 0.05) is 6.07 Å². The molecule has 0 amide bonds. The van der Waals surface area contributed by atoms with Crippen molar-refractivity contribution in [1.82, 2.24) is 0 Å². The van der Waals surface area contributed by atoms with Crippen LogP contribution in [0, 0.1) is 0 Å². The predicted octanol–water partition coefficient (Wildman–Crippen LogP) is 12.6. The van der Waals surface area contributed by atoms with E-state index in [1.807, 2.05) is 6.07 Å². The summed E-state index contributed by atoms with van der Waals surface area (Å²) in [4.78, 5) is 0.283. The summed E-state index contributed by atoms with van der Waals surface area (Å²) in [6, 6.07) is 11.7. The molecule has 4 nitrogen and oxygen atoms in total. The number of hydrogen-bond acceptors (Lipinski definition) is 4. The molecule has 0 aliphatic rings. The number of phenolic OH excluding ortho intramolecular Hbond substituents is 1. The molecule has 45 heavy (non-hydrogen) atoms. The number of aryl methyl sites for hydroxylation is 1. The van der Waals surface area contributed by atoms with Crippen LogP contribution in [0.2, 0.25) is 0 Å². The first-order chi connectivity index (χ1) is 22.0. The molecule has 0 saturated carbocycles. The highest BCUT2D eigenvalue weighted by atomic mass is 32.2. The van der Waals surface area contributed by atoms with E-state index < -0.39 is 10.1 Å². The lowest BCUT2D eigenvalue weighted by molar-refractivity contribution is 0.463. The highest BCUT2D eigenvalue weighted by Crippen LogP contribution is 2.28. The number of hydrogen-bond donors (Lipinski definition) is 1. The molecule has 0 unspecified atom stereocenters. The molecule has 0 aliphatic carbocycles. The van der Waals surface area contributed by atoms with Crippen LogP contribution in [0.15, 0.2) is 47.4 Å². The van der Waals surface area contributed by atoms with Gasteiger partial charge in [-0.25, -0.2) is 0 Å². The van der Waals surface area contributed by atoms with E-state index in [1.54, 1.807) is 18.2 Å². The van der Waals surface area contributed by atoms with Crippen LogP contribution in [0.4, 0.5) is 0 Å². The number of unbranched alkanes of at least 4 members (excludes halogenated alkanes) is 22. The largest absolute Gasteiger partial charge is 0.508 e. The van der Waals surface area contributed by atoms with Gasteiger partial charge < -0.3 is 9.29 Å². The van der Waals surface area contributed by atoms with Gasteiger partial charge in [-0.15, -0.1) is 0 Å². The molecule has 0 spiro atoms. The van der Waals surface area contributed by atoms with Gasteiger partial charge in [-0.2, -0.15) is 8.42 Å². The normalized spacial score (nSPS) is 11.7. The third kappa shape index (κ3) is 18.1. The second-order valence-corrected chi connectivity index (χ2v) is 14.7. The molecule has 1 N–H and O–H groups in total. The molecule has 0 bridgehead atoms. The van der Waals surface area contributed by atoms with Crippen LogP contribution in [0.1, 0.15) is 179 Å². The maximum atomic E-state index is 13.5. The maximum Gasteiger partial charge on any atom is 0.339 e. The molecule has 2 aromatic carbocycles. The van der Waals surface area contributed by atoms with Crippen molar-refractivity contribution < 1.29 is 17.7 Å². The van der Waals surface area contributed by atoms with E-state index in [0.717, 1.165) is 43.2 Å². The Morgan fingerprint density at radius 2 is 0.956 bits per heavy atom. The summed E-state index contributed by atoms with van der Waals surface area (Å²) >= 11 is 0. The molecule has 2 aromatic rings. The van der Waals surface area contributed by atoms with Crippen molar-refractivity contribution in [3.8, 4) is 11.5 Å². The highest BCUT2D eigenvalue weighted by molar-refractivity contribution is 7.87. The molecule has 0 aromatic heterocycles. The Morgan fingerprint density at radius 1 is 0.533 bits per heavy atom. The maximum absolute atomic E-state index is 13.5. The van der Waals surface area contributed by atoms with Gasteiger partial charge in [0.1, 0.15) is 16.4 Å². The van der Waals surface area contributed by atoms with Gasteiger partial charge in [0.15, 0.2) is 0 Å². The second kappa shape index (κ2) is 25.1. The van der Waals surface area contributed by atoms with Crippen LogP contribution in [0.5, 0.6) is 11.5 Å². The van der Waals surface area contributed by atoms with Crippen molar-refractivity contribution in [1.29, 1.82) is 0 Å². The zero-order chi connectivity index (χ0) is 32.4. The van der Waals surface area contributed by atoms with Crippen molar-refractivity contribution in [2.75, 3.05) is 0 Å². The first kappa shape index (κ1) is 39.2. The van der Waals surface area contributed by atoms with Gasteiger partial charge in [0.05, 0.1) is 0 Å². The zero-order valence-electron chi connectivity index (χ0n) is 29.0. The summed E-state index contributed by atoms with van der Waals surface area (Å²) < 4.78 is 32.5. The average Bonchev–Trinajstić information content (AvgIpc) is 3.02. The Labute approximate surface area is 277 Å². The minimum Gasteiger partial charge on any atom is -0.508 e. The fourth-order valence-electron chi connectivity index (χ4n) is 6.37. The molecule has 0 fully saturated rings. The van der Waals surface area contributed by atoms with Gasteiger partial charge in [0.25, 0.3) is 0 Å². The first-order valence-corrected chi connectivity index (χ1v) is 20.2. The van der Waals surface area contributed by atoms with Gasteiger partial charge >= 0.3 is 10.1 Å². The van der Waals surface area contributed by atoms with Gasteiger partial charge in [-0.3, -0.25) is 0 Å². The third-order valence-corrected chi connectivity index (χ3v) is 10.4. The van der Waals surface area contributed by atoms with E-state index in [9.17, 15) is 13.5 Å². The fraction of sp³-hybridized carbons (Fsp3) is 0.700. The summed E-state index contributed by atoms with van der Waals surface area (Å²) in [5, 5.41) is 9.82. The summed E-state index contributed by atoms with van der Waals surface area (Å²) in [6.07, 6.45) is 32.8. The van der Waals surface area contributed by atoms with E-state index in [0.29, 0.717) is 0 Å². The van der Waals surface area contributed by atoms with Gasteiger partial charge in [-0.05, 0) is 55.0 Å². The van der Waals surface area contributed by atoms with Crippen LogP contribution in [-0.2, 0) is 23.0 Å². The Balaban J connectivity index is 1.86. The standard InChI is InChI=1S/C40H66O4S/c1-3-5-7-9-11-13-15-17-19-21-23-25-29-36-30-27-34-40(45(42,43)44-38-32-28-31-37(41)35-38)39(36)33-26-24-22-20-18-16-14-12-10-8-6-4-2/h27-28,30-32,34-35,41H,3-26,29,33H2,1-2H3. The van der Waals surface area contributed by atoms with Gasteiger partial charge in [-0.1, -0.05) is 173 Å². The molecule has 2 rings (SSSR count). The molecule has 256 valence electrons. The molecular formula is C40H66O4S. The first-order valence-electron chi connectivity index (χ1n) is 18.8. The number of benzene rings is 2. The summed E-state index contributed by atoms with van der Waals surface area (Å²) in [5.74, 6) is 0.123. The Morgan fingerprint density at radius 3 is 1.42 bits per heavy atom. The lowest BCUT2D eigenvalue weighted by Gasteiger charge is -2.16. The van der Waals surface area contributed by atoms with Crippen LogP contribution >= 0.6 is 0 Å². The zero-order valence-corrected chi connectivity index (χ0v) is 29.8. The molecule has 0 radical (unpaired) electrons. The third-order valence-electron chi connectivity index (χ3n) is 9.10. The van der Waals surface area contributed by atoms with Crippen LogP contribution in [-0.4, -0.2) is 13.5 Å². The quantitative estimate of drug-likeness (QED) is 0.0708. The molecule has 0 atom stereocenters. The van der Waals surface area contributed by atoms with Crippen LogP contribution in [0.3, 0.4) is 0 Å². The lowest BCUT2D eigenvalue weighted by Crippen LogP contribution is -2.14. The van der Waals surface area contributed by atoms with Crippen molar-refractivity contribution in [3.05, 3.63) is 53.6 Å². The molecule has 0 heterocycles. The van der Waals surface area contributed by atoms with E-state index in [1.165, 1.54) is 147 Å².